The molecule has 0 saturated heterocycles. The van der Waals surface area contributed by atoms with E-state index in [-0.39, 0.29) is 18.5 Å². The van der Waals surface area contributed by atoms with Crippen LogP contribution in [0.15, 0.2) is 0 Å². The highest BCUT2D eigenvalue weighted by Gasteiger charge is 2.50. The largest absolute Gasteiger partial charge is 1.00 e. The lowest BCUT2D eigenvalue weighted by Gasteiger charge is -2.57. The summed E-state index contributed by atoms with van der Waals surface area (Å²) in [7, 11) is 2.22. The summed E-state index contributed by atoms with van der Waals surface area (Å²) in [6.45, 7) is 8.71. The van der Waals surface area contributed by atoms with Gasteiger partial charge in [-0.3, -0.25) is 0 Å². The van der Waals surface area contributed by atoms with E-state index in [4.69, 9.17) is 4.74 Å². The number of rotatable bonds is 9. The molecule has 1 unspecified atom stereocenters. The molecule has 0 aromatic heterocycles. The van der Waals surface area contributed by atoms with Crippen molar-refractivity contribution in [2.45, 2.75) is 64.9 Å². The Morgan fingerprint density at radius 1 is 1.04 bits per heavy atom. The smallest absolute Gasteiger partial charge is 0.126 e. The lowest BCUT2D eigenvalue weighted by molar-refractivity contribution is -0.909. The molecule has 4 aliphatic rings. The Bertz CT molecular complexity index is 362. The van der Waals surface area contributed by atoms with E-state index in [1.54, 1.807) is 0 Å². The van der Waals surface area contributed by atoms with Crippen LogP contribution in [-0.4, -0.2) is 55.6 Å². The van der Waals surface area contributed by atoms with Gasteiger partial charge in [0.05, 0.1) is 26.7 Å². The zero-order valence-corrected chi connectivity index (χ0v) is 16.7. The zero-order valence-electron chi connectivity index (χ0n) is 16.0. The van der Waals surface area contributed by atoms with E-state index < -0.39 is 0 Å². The van der Waals surface area contributed by atoms with Gasteiger partial charge in [0.15, 0.2) is 0 Å². The van der Waals surface area contributed by atoms with Crippen molar-refractivity contribution < 1.29 is 26.7 Å². The molecule has 0 amide bonds. The molecule has 0 aromatic rings. The molecule has 0 spiro atoms. The molecule has 0 aliphatic heterocycles. The Morgan fingerprint density at radius 3 is 2.00 bits per heavy atom. The van der Waals surface area contributed by atoms with Crippen molar-refractivity contribution in [1.82, 2.24) is 0 Å². The molecule has 24 heavy (non-hydrogen) atoms. The topological polar surface area (TPSA) is 29.5 Å². The summed E-state index contributed by atoms with van der Waals surface area (Å²) in [4.78, 5) is 0. The van der Waals surface area contributed by atoms with Gasteiger partial charge in [-0.2, -0.15) is 0 Å². The molecule has 4 rings (SSSR count). The fourth-order valence-corrected chi connectivity index (χ4v) is 6.15. The van der Waals surface area contributed by atoms with Crippen molar-refractivity contribution in [3.8, 4) is 0 Å². The molecule has 1 N–H and O–H groups in total. The van der Waals surface area contributed by atoms with Crippen LogP contribution in [0.25, 0.3) is 0 Å². The standard InChI is InChI=1S/C20H38NO2.ClH/c1-4-21(3,5-2)14-19(22)15-23-7-6-20-11-16-8-17(12-20)10-18(9-16)13-20;/h16-19,22H,4-15H2,1-3H3;1H/q+1;/p-1. The Balaban J connectivity index is 0.00000208. The van der Waals surface area contributed by atoms with Crippen LogP contribution in [0.1, 0.15) is 58.8 Å². The summed E-state index contributed by atoms with van der Waals surface area (Å²) in [5.74, 6) is 3.08. The van der Waals surface area contributed by atoms with Gasteiger partial charge in [0, 0.05) is 6.61 Å². The van der Waals surface area contributed by atoms with Gasteiger partial charge in [-0.25, -0.2) is 0 Å². The Kier molecular flexibility index (Phi) is 7.03. The quantitative estimate of drug-likeness (QED) is 0.479. The van der Waals surface area contributed by atoms with Crippen LogP contribution < -0.4 is 12.4 Å². The molecule has 0 aromatic carbocycles. The van der Waals surface area contributed by atoms with Crippen LogP contribution in [0.2, 0.25) is 0 Å². The highest BCUT2D eigenvalue weighted by molar-refractivity contribution is 5.01. The van der Waals surface area contributed by atoms with Gasteiger partial charge in [-0.15, -0.1) is 0 Å². The van der Waals surface area contributed by atoms with E-state index >= 15 is 0 Å². The lowest BCUT2D eigenvalue weighted by atomic mass is 9.49. The molecule has 4 aliphatic carbocycles. The maximum atomic E-state index is 10.3. The van der Waals surface area contributed by atoms with Crippen molar-refractivity contribution in [2.75, 3.05) is 39.9 Å². The van der Waals surface area contributed by atoms with Gasteiger partial charge in [-0.1, -0.05) is 0 Å². The number of halogens is 1. The van der Waals surface area contributed by atoms with Gasteiger partial charge < -0.3 is 26.7 Å². The molecule has 142 valence electrons. The first-order chi connectivity index (χ1) is 11.0. The van der Waals surface area contributed by atoms with Crippen LogP contribution in [0.4, 0.5) is 0 Å². The number of hydrogen-bond acceptors (Lipinski definition) is 2. The van der Waals surface area contributed by atoms with Gasteiger partial charge in [-0.05, 0) is 82.0 Å². The zero-order chi connectivity index (χ0) is 16.5. The fourth-order valence-electron chi connectivity index (χ4n) is 6.15. The molecular formula is C20H38ClNO2. The van der Waals surface area contributed by atoms with Gasteiger partial charge in [0.25, 0.3) is 0 Å². The second kappa shape index (κ2) is 8.24. The number of hydrogen-bond donors (Lipinski definition) is 1. The minimum Gasteiger partial charge on any atom is -1.00 e. The first kappa shape index (κ1) is 20.5. The van der Waals surface area contributed by atoms with Gasteiger partial charge in [0.1, 0.15) is 12.6 Å². The van der Waals surface area contributed by atoms with E-state index in [9.17, 15) is 5.11 Å². The van der Waals surface area contributed by atoms with Crippen molar-refractivity contribution in [2.24, 2.45) is 23.2 Å². The van der Waals surface area contributed by atoms with Gasteiger partial charge in [0.2, 0.25) is 0 Å². The maximum Gasteiger partial charge on any atom is 0.126 e. The first-order valence-corrected chi connectivity index (χ1v) is 10.1. The minimum absolute atomic E-state index is 0. The lowest BCUT2D eigenvalue weighted by Crippen LogP contribution is -3.00. The molecule has 0 radical (unpaired) electrons. The Hall–Kier alpha value is 0.170. The number of ether oxygens (including phenoxy) is 1. The van der Waals surface area contributed by atoms with Crippen LogP contribution in [-0.2, 0) is 4.74 Å². The van der Waals surface area contributed by atoms with E-state index in [1.165, 1.54) is 44.9 Å². The van der Waals surface area contributed by atoms with Crippen LogP contribution in [0.3, 0.4) is 0 Å². The monoisotopic (exact) mass is 359 g/mol. The maximum absolute atomic E-state index is 10.3. The summed E-state index contributed by atoms with van der Waals surface area (Å²) >= 11 is 0. The van der Waals surface area contributed by atoms with Crippen molar-refractivity contribution in [3.63, 3.8) is 0 Å². The summed E-state index contributed by atoms with van der Waals surface area (Å²) in [6, 6.07) is 0. The van der Waals surface area contributed by atoms with E-state index in [2.05, 4.69) is 20.9 Å². The number of aliphatic hydroxyl groups is 1. The molecule has 4 heteroatoms. The molecule has 4 bridgehead atoms. The highest BCUT2D eigenvalue weighted by Crippen LogP contribution is 2.61. The number of likely N-dealkylation sites (N-methyl/N-ethyl adjacent to an activating group) is 1. The minimum atomic E-state index is -0.323. The van der Waals surface area contributed by atoms with Crippen molar-refractivity contribution in [3.05, 3.63) is 0 Å². The average Bonchev–Trinajstić information content (AvgIpc) is 2.50. The second-order valence-corrected chi connectivity index (χ2v) is 9.33. The van der Waals surface area contributed by atoms with E-state index in [0.29, 0.717) is 12.0 Å². The van der Waals surface area contributed by atoms with Gasteiger partial charge >= 0.3 is 0 Å². The summed E-state index contributed by atoms with van der Waals surface area (Å²) in [6.07, 6.45) is 9.85. The van der Waals surface area contributed by atoms with Crippen molar-refractivity contribution in [1.29, 1.82) is 0 Å². The second-order valence-electron chi connectivity index (χ2n) is 9.33. The van der Waals surface area contributed by atoms with E-state index in [1.807, 2.05) is 0 Å². The molecule has 3 nitrogen and oxygen atoms in total. The predicted molar refractivity (Wildman–Crippen MR) is 94.2 cm³/mol. The normalized spacial score (nSPS) is 35.8. The third-order valence-electron chi connectivity index (χ3n) is 7.43. The number of quaternary nitrogens is 1. The number of nitrogens with zero attached hydrogens (tertiary/aromatic N) is 1. The number of aliphatic hydroxyl groups excluding tert-OH is 1. The molecule has 1 atom stereocenters. The summed E-state index contributed by atoms with van der Waals surface area (Å²) in [5.41, 5.74) is 0.608. The average molecular weight is 360 g/mol. The Morgan fingerprint density at radius 2 is 1.54 bits per heavy atom. The Labute approximate surface area is 155 Å². The third-order valence-corrected chi connectivity index (χ3v) is 7.43. The molecular weight excluding hydrogens is 322 g/mol. The van der Waals surface area contributed by atoms with E-state index in [0.717, 1.165) is 48.5 Å². The summed E-state index contributed by atoms with van der Waals surface area (Å²) in [5, 5.41) is 10.3. The first-order valence-electron chi connectivity index (χ1n) is 10.1. The summed E-state index contributed by atoms with van der Waals surface area (Å²) < 4.78 is 6.84. The fraction of sp³-hybridized carbons (Fsp3) is 1.00. The van der Waals surface area contributed by atoms with Crippen LogP contribution in [0, 0.1) is 23.2 Å². The SMILES string of the molecule is CC[N+](C)(CC)CC(O)COCCC12CC3CC(CC(C3)C1)C2.[Cl-]. The third kappa shape index (κ3) is 4.66. The predicted octanol–water partition coefficient (Wildman–Crippen LogP) is 0.461. The highest BCUT2D eigenvalue weighted by atomic mass is 35.5. The molecule has 0 heterocycles. The van der Waals surface area contributed by atoms with Crippen LogP contribution >= 0.6 is 0 Å². The molecule has 4 fully saturated rings. The molecule has 4 saturated carbocycles. The van der Waals surface area contributed by atoms with Crippen molar-refractivity contribution >= 4 is 0 Å². The van der Waals surface area contributed by atoms with Crippen LogP contribution in [0.5, 0.6) is 0 Å².